The monoisotopic (exact) mass is 334 g/mol. The Morgan fingerprint density at radius 3 is 2.76 bits per heavy atom. The van der Waals surface area contributed by atoms with Gasteiger partial charge in [0.25, 0.3) is 0 Å². The Labute approximate surface area is 147 Å². The van der Waals surface area contributed by atoms with Crippen molar-refractivity contribution >= 4 is 29.0 Å². The minimum Gasteiger partial charge on any atom is -0.357 e. The van der Waals surface area contributed by atoms with Gasteiger partial charge in [-0.05, 0) is 49.7 Å². The lowest BCUT2D eigenvalue weighted by atomic mass is 10.1. The summed E-state index contributed by atoms with van der Waals surface area (Å²) in [4.78, 5) is 11.6. The number of piperidine rings is 1. The van der Waals surface area contributed by atoms with Gasteiger partial charge >= 0.3 is 0 Å². The van der Waals surface area contributed by atoms with Crippen LogP contribution in [0, 0.1) is 0 Å². The van der Waals surface area contributed by atoms with E-state index in [-0.39, 0.29) is 0 Å². The third-order valence-corrected chi connectivity index (χ3v) is 4.75. The van der Waals surface area contributed by atoms with Crippen LogP contribution in [0.3, 0.4) is 0 Å². The molecule has 0 spiro atoms. The van der Waals surface area contributed by atoms with Gasteiger partial charge in [-0.1, -0.05) is 12.2 Å². The Morgan fingerprint density at radius 2 is 1.96 bits per heavy atom. The zero-order valence-electron chi connectivity index (χ0n) is 14.3. The molecule has 4 heterocycles. The summed E-state index contributed by atoms with van der Waals surface area (Å²) in [5.74, 6) is 0.994. The van der Waals surface area contributed by atoms with Crippen molar-refractivity contribution in [2.75, 3.05) is 25.0 Å². The van der Waals surface area contributed by atoms with Gasteiger partial charge in [0.15, 0.2) is 5.65 Å². The summed E-state index contributed by atoms with van der Waals surface area (Å²) >= 11 is 0. The molecule has 3 aromatic heterocycles. The van der Waals surface area contributed by atoms with Gasteiger partial charge in [0, 0.05) is 36.4 Å². The maximum atomic E-state index is 4.76. The molecular formula is C19H22N6. The van der Waals surface area contributed by atoms with E-state index in [0.717, 1.165) is 53.9 Å². The number of aromatic nitrogens is 4. The zero-order chi connectivity index (χ0) is 17.1. The van der Waals surface area contributed by atoms with Crippen LogP contribution < -0.4 is 10.2 Å². The first-order chi connectivity index (χ1) is 12.3. The summed E-state index contributed by atoms with van der Waals surface area (Å²) in [6, 6.07) is 6.86. The van der Waals surface area contributed by atoms with Gasteiger partial charge in [0.1, 0.15) is 5.82 Å². The largest absolute Gasteiger partial charge is 0.357 e. The molecule has 0 aliphatic carbocycles. The number of anilines is 1. The summed E-state index contributed by atoms with van der Waals surface area (Å²) in [6.45, 7) is 2.15. The lowest BCUT2D eigenvalue weighted by Crippen LogP contribution is -2.41. The third-order valence-electron chi connectivity index (χ3n) is 4.75. The fraction of sp³-hybridized carbons (Fsp3) is 0.316. The van der Waals surface area contributed by atoms with Crippen molar-refractivity contribution in [3.05, 3.63) is 47.9 Å². The molecule has 0 amide bonds. The zero-order valence-corrected chi connectivity index (χ0v) is 14.3. The Balaban J connectivity index is 1.56. The molecule has 1 aliphatic heterocycles. The van der Waals surface area contributed by atoms with E-state index in [4.69, 9.17) is 4.98 Å². The molecule has 128 valence electrons. The summed E-state index contributed by atoms with van der Waals surface area (Å²) in [6.07, 6.45) is 11.9. The molecule has 6 heteroatoms. The molecule has 0 saturated carbocycles. The van der Waals surface area contributed by atoms with E-state index in [1.54, 1.807) is 6.20 Å². The highest BCUT2D eigenvalue weighted by Crippen LogP contribution is 2.21. The van der Waals surface area contributed by atoms with Crippen LogP contribution in [-0.2, 0) is 0 Å². The first-order valence-corrected chi connectivity index (χ1v) is 8.67. The van der Waals surface area contributed by atoms with Crippen LogP contribution >= 0.6 is 0 Å². The maximum Gasteiger partial charge on any atom is 0.161 e. The predicted molar refractivity (Wildman–Crippen MR) is 101 cm³/mol. The number of hydrogen-bond donors (Lipinski definition) is 2. The minimum atomic E-state index is 0.545. The Morgan fingerprint density at radius 1 is 1.12 bits per heavy atom. The van der Waals surface area contributed by atoms with Crippen molar-refractivity contribution in [1.29, 1.82) is 0 Å². The molecule has 3 aromatic rings. The summed E-state index contributed by atoms with van der Waals surface area (Å²) in [5, 5.41) is 11.2. The quantitative estimate of drug-likeness (QED) is 0.768. The molecular weight excluding hydrogens is 312 g/mol. The summed E-state index contributed by atoms with van der Waals surface area (Å²) in [7, 11) is 2.13. The van der Waals surface area contributed by atoms with Crippen molar-refractivity contribution in [1.82, 2.24) is 25.5 Å². The first kappa shape index (κ1) is 15.8. The highest BCUT2D eigenvalue weighted by atomic mass is 15.2. The van der Waals surface area contributed by atoms with Crippen molar-refractivity contribution < 1.29 is 0 Å². The van der Waals surface area contributed by atoms with E-state index in [2.05, 4.69) is 50.6 Å². The molecule has 6 nitrogen and oxygen atoms in total. The lowest BCUT2D eigenvalue weighted by molar-refractivity contribution is 0.442. The van der Waals surface area contributed by atoms with Crippen molar-refractivity contribution in [2.24, 2.45) is 0 Å². The molecule has 1 saturated heterocycles. The molecule has 2 N–H and O–H groups in total. The standard InChI is InChI=1S/C19H22N6/c1-25(17-6-8-20-9-7-17)18-5-4-16-10-14(11-21-19(16)24-18)2-3-15-12-22-23-13-15/h2-5,10-13,17,20H,6-9H2,1H3,(H,22,23)/b3-2+. The number of H-pyrrole nitrogens is 1. The van der Waals surface area contributed by atoms with Gasteiger partial charge in [-0.2, -0.15) is 5.10 Å². The van der Waals surface area contributed by atoms with E-state index >= 15 is 0 Å². The predicted octanol–water partition coefficient (Wildman–Crippen LogP) is 2.71. The topological polar surface area (TPSA) is 69.7 Å². The Bertz CT molecular complexity index is 865. The van der Waals surface area contributed by atoms with Gasteiger partial charge in [-0.3, -0.25) is 5.10 Å². The van der Waals surface area contributed by atoms with Crippen molar-refractivity contribution in [3.63, 3.8) is 0 Å². The smallest absolute Gasteiger partial charge is 0.161 e. The van der Waals surface area contributed by atoms with Crippen LogP contribution in [0.2, 0.25) is 0 Å². The Hall–Kier alpha value is -2.73. The molecule has 1 fully saturated rings. The van der Waals surface area contributed by atoms with E-state index in [1.807, 2.05) is 24.5 Å². The number of nitrogens with one attached hydrogen (secondary N) is 2. The second kappa shape index (κ2) is 7.03. The van der Waals surface area contributed by atoms with E-state index in [0.29, 0.717) is 6.04 Å². The molecule has 4 rings (SSSR count). The van der Waals surface area contributed by atoms with E-state index in [9.17, 15) is 0 Å². The first-order valence-electron chi connectivity index (χ1n) is 8.67. The van der Waals surface area contributed by atoms with Crippen molar-refractivity contribution in [2.45, 2.75) is 18.9 Å². The average molecular weight is 334 g/mol. The molecule has 0 atom stereocenters. The minimum absolute atomic E-state index is 0.545. The molecule has 0 aromatic carbocycles. The van der Waals surface area contributed by atoms with Gasteiger partial charge in [0.2, 0.25) is 0 Å². The number of hydrogen-bond acceptors (Lipinski definition) is 5. The van der Waals surface area contributed by atoms with Crippen LogP contribution in [0.4, 0.5) is 5.82 Å². The highest BCUT2D eigenvalue weighted by molar-refractivity contribution is 5.81. The lowest BCUT2D eigenvalue weighted by Gasteiger charge is -2.32. The van der Waals surface area contributed by atoms with E-state index < -0.39 is 0 Å². The summed E-state index contributed by atoms with van der Waals surface area (Å²) < 4.78 is 0. The van der Waals surface area contributed by atoms with Crippen LogP contribution in [0.15, 0.2) is 36.8 Å². The molecule has 0 radical (unpaired) electrons. The molecule has 0 unspecified atom stereocenters. The van der Waals surface area contributed by atoms with Crippen LogP contribution in [0.25, 0.3) is 23.2 Å². The Kier molecular flexibility index (Phi) is 4.43. The van der Waals surface area contributed by atoms with Gasteiger partial charge < -0.3 is 10.2 Å². The van der Waals surface area contributed by atoms with Crippen molar-refractivity contribution in [3.8, 4) is 0 Å². The van der Waals surface area contributed by atoms with Gasteiger partial charge in [-0.15, -0.1) is 0 Å². The second-order valence-electron chi connectivity index (χ2n) is 6.44. The van der Waals surface area contributed by atoms with Crippen LogP contribution in [0.1, 0.15) is 24.0 Å². The number of nitrogens with zero attached hydrogens (tertiary/aromatic N) is 4. The SMILES string of the molecule is CN(c1ccc2cc(/C=C/c3cn[nH]c3)cnc2n1)C1CCNCC1. The number of fused-ring (bicyclic) bond motifs is 1. The average Bonchev–Trinajstić information content (AvgIpc) is 3.19. The summed E-state index contributed by atoms with van der Waals surface area (Å²) in [5.41, 5.74) is 2.88. The van der Waals surface area contributed by atoms with Crippen LogP contribution in [-0.4, -0.2) is 46.3 Å². The highest BCUT2D eigenvalue weighted by Gasteiger charge is 2.19. The van der Waals surface area contributed by atoms with Crippen LogP contribution in [0.5, 0.6) is 0 Å². The number of rotatable bonds is 4. The third kappa shape index (κ3) is 3.53. The maximum absolute atomic E-state index is 4.76. The van der Waals surface area contributed by atoms with Gasteiger partial charge in [-0.25, -0.2) is 9.97 Å². The number of aromatic amines is 1. The van der Waals surface area contributed by atoms with Gasteiger partial charge in [0.05, 0.1) is 6.20 Å². The second-order valence-corrected chi connectivity index (χ2v) is 6.44. The fourth-order valence-corrected chi connectivity index (χ4v) is 3.23. The number of pyridine rings is 2. The van der Waals surface area contributed by atoms with E-state index in [1.165, 1.54) is 0 Å². The molecule has 0 bridgehead atoms. The normalized spacial score (nSPS) is 15.9. The fourth-order valence-electron chi connectivity index (χ4n) is 3.23. The molecule has 1 aliphatic rings. The molecule has 25 heavy (non-hydrogen) atoms.